The summed E-state index contributed by atoms with van der Waals surface area (Å²) in [4.78, 5) is 0. The Morgan fingerprint density at radius 1 is 1.21 bits per heavy atom. The molecule has 1 aromatic rings. The molecule has 3 nitrogen and oxygen atoms in total. The standard InChI is InChI=1S/C6H7NO.C5H11N/c7-5-2-1-3-6(8)4-5;6-5-3-1-2-4-5/h1-4,8H,7H2;5H,1-4,6H2. The maximum Gasteiger partial charge on any atom is 0.117 e. The fourth-order valence-corrected chi connectivity index (χ4v) is 1.48. The van der Waals surface area contributed by atoms with Gasteiger partial charge in [0.25, 0.3) is 0 Å². The van der Waals surface area contributed by atoms with Crippen molar-refractivity contribution < 1.29 is 5.11 Å². The highest BCUT2D eigenvalue weighted by molar-refractivity contribution is 5.42. The molecule has 0 bridgehead atoms. The molecule has 0 radical (unpaired) electrons. The first kappa shape index (κ1) is 10.9. The molecule has 0 unspecified atom stereocenters. The molecule has 0 atom stereocenters. The topological polar surface area (TPSA) is 72.3 Å². The molecule has 3 heteroatoms. The summed E-state index contributed by atoms with van der Waals surface area (Å²) >= 11 is 0. The van der Waals surface area contributed by atoms with E-state index < -0.39 is 0 Å². The van der Waals surface area contributed by atoms with Crippen molar-refractivity contribution >= 4 is 5.69 Å². The van der Waals surface area contributed by atoms with Gasteiger partial charge in [0.15, 0.2) is 0 Å². The summed E-state index contributed by atoms with van der Waals surface area (Å²) < 4.78 is 0. The quantitative estimate of drug-likeness (QED) is 0.552. The zero-order chi connectivity index (χ0) is 10.4. The summed E-state index contributed by atoms with van der Waals surface area (Å²) in [5.74, 6) is 0.213. The van der Waals surface area contributed by atoms with Gasteiger partial charge in [0, 0.05) is 17.8 Å². The van der Waals surface area contributed by atoms with Crippen LogP contribution in [-0.2, 0) is 0 Å². The monoisotopic (exact) mass is 194 g/mol. The Morgan fingerprint density at radius 2 is 1.86 bits per heavy atom. The van der Waals surface area contributed by atoms with Crippen LogP contribution in [0.4, 0.5) is 5.69 Å². The van der Waals surface area contributed by atoms with E-state index >= 15 is 0 Å². The molecule has 0 heterocycles. The number of rotatable bonds is 0. The van der Waals surface area contributed by atoms with Crippen molar-refractivity contribution in [2.45, 2.75) is 31.7 Å². The Morgan fingerprint density at radius 3 is 2.14 bits per heavy atom. The number of nitrogen functional groups attached to an aromatic ring is 1. The third-order valence-corrected chi connectivity index (χ3v) is 2.27. The van der Waals surface area contributed by atoms with Gasteiger partial charge in [-0.2, -0.15) is 0 Å². The van der Waals surface area contributed by atoms with Crippen LogP contribution in [0.1, 0.15) is 25.7 Å². The molecule has 1 aromatic carbocycles. The van der Waals surface area contributed by atoms with Crippen molar-refractivity contribution in [1.82, 2.24) is 0 Å². The molecular weight excluding hydrogens is 176 g/mol. The minimum atomic E-state index is 0.213. The maximum atomic E-state index is 8.73. The second kappa shape index (κ2) is 5.50. The van der Waals surface area contributed by atoms with Crippen LogP contribution in [-0.4, -0.2) is 11.1 Å². The van der Waals surface area contributed by atoms with Gasteiger partial charge in [0.05, 0.1) is 0 Å². The van der Waals surface area contributed by atoms with Gasteiger partial charge in [0.2, 0.25) is 0 Å². The van der Waals surface area contributed by atoms with Crippen LogP contribution in [0.2, 0.25) is 0 Å². The average molecular weight is 194 g/mol. The van der Waals surface area contributed by atoms with E-state index in [1.165, 1.54) is 31.7 Å². The van der Waals surface area contributed by atoms with Crippen molar-refractivity contribution in [2.24, 2.45) is 5.73 Å². The highest BCUT2D eigenvalue weighted by atomic mass is 16.3. The number of phenolic OH excluding ortho intramolecular Hbond substituents is 1. The van der Waals surface area contributed by atoms with E-state index in [1.807, 2.05) is 0 Å². The zero-order valence-electron chi connectivity index (χ0n) is 8.32. The summed E-state index contributed by atoms with van der Waals surface area (Å²) in [5, 5.41) is 8.73. The normalized spacial score (nSPS) is 16.1. The molecule has 2 rings (SSSR count). The summed E-state index contributed by atoms with van der Waals surface area (Å²) in [6.45, 7) is 0. The molecule has 0 saturated heterocycles. The molecule has 5 N–H and O–H groups in total. The van der Waals surface area contributed by atoms with Crippen LogP contribution < -0.4 is 11.5 Å². The summed E-state index contributed by atoms with van der Waals surface area (Å²) in [6.07, 6.45) is 5.25. The van der Waals surface area contributed by atoms with Gasteiger partial charge in [0.1, 0.15) is 5.75 Å². The summed E-state index contributed by atoms with van der Waals surface area (Å²) in [5.41, 5.74) is 11.4. The summed E-state index contributed by atoms with van der Waals surface area (Å²) in [7, 11) is 0. The van der Waals surface area contributed by atoms with Crippen molar-refractivity contribution in [3.8, 4) is 5.75 Å². The van der Waals surface area contributed by atoms with Crippen LogP contribution in [0.3, 0.4) is 0 Å². The van der Waals surface area contributed by atoms with Crippen molar-refractivity contribution in [2.75, 3.05) is 5.73 Å². The van der Waals surface area contributed by atoms with E-state index in [-0.39, 0.29) is 5.75 Å². The Kier molecular flexibility index (Phi) is 4.26. The average Bonchev–Trinajstić information content (AvgIpc) is 2.56. The van der Waals surface area contributed by atoms with E-state index in [2.05, 4.69) is 0 Å². The molecule has 1 fully saturated rings. The number of hydrogen-bond donors (Lipinski definition) is 3. The Labute approximate surface area is 84.7 Å². The van der Waals surface area contributed by atoms with E-state index in [0.717, 1.165) is 0 Å². The van der Waals surface area contributed by atoms with Crippen LogP contribution in [0.15, 0.2) is 24.3 Å². The number of hydrogen-bond acceptors (Lipinski definition) is 3. The van der Waals surface area contributed by atoms with E-state index in [4.69, 9.17) is 16.6 Å². The Hall–Kier alpha value is -1.22. The van der Waals surface area contributed by atoms with E-state index in [1.54, 1.807) is 18.2 Å². The number of aromatic hydroxyl groups is 1. The van der Waals surface area contributed by atoms with E-state index in [9.17, 15) is 0 Å². The van der Waals surface area contributed by atoms with Gasteiger partial charge in [-0.25, -0.2) is 0 Å². The third-order valence-electron chi connectivity index (χ3n) is 2.27. The molecule has 1 aliphatic rings. The van der Waals surface area contributed by atoms with Crippen molar-refractivity contribution in [3.63, 3.8) is 0 Å². The molecule has 0 spiro atoms. The van der Waals surface area contributed by atoms with Gasteiger partial charge in [-0.05, 0) is 25.0 Å². The molecular formula is C11H18N2O. The third kappa shape index (κ3) is 4.14. The highest BCUT2D eigenvalue weighted by Crippen LogP contribution is 2.14. The van der Waals surface area contributed by atoms with Crippen LogP contribution >= 0.6 is 0 Å². The molecule has 1 aliphatic carbocycles. The minimum Gasteiger partial charge on any atom is -0.508 e. The second-order valence-electron chi connectivity index (χ2n) is 3.64. The lowest BCUT2D eigenvalue weighted by Gasteiger charge is -1.92. The number of nitrogens with two attached hydrogens (primary N) is 2. The molecule has 1 saturated carbocycles. The van der Waals surface area contributed by atoms with Crippen LogP contribution in [0.25, 0.3) is 0 Å². The minimum absolute atomic E-state index is 0.213. The lowest BCUT2D eigenvalue weighted by atomic mass is 10.3. The molecule has 0 aromatic heterocycles. The van der Waals surface area contributed by atoms with Gasteiger partial charge >= 0.3 is 0 Å². The maximum absolute atomic E-state index is 8.73. The van der Waals surface area contributed by atoms with Gasteiger partial charge in [-0.1, -0.05) is 18.9 Å². The zero-order valence-corrected chi connectivity index (χ0v) is 8.32. The second-order valence-corrected chi connectivity index (χ2v) is 3.64. The van der Waals surface area contributed by atoms with E-state index in [0.29, 0.717) is 11.7 Å². The van der Waals surface area contributed by atoms with Crippen LogP contribution in [0, 0.1) is 0 Å². The van der Waals surface area contributed by atoms with Crippen molar-refractivity contribution in [1.29, 1.82) is 0 Å². The predicted molar refractivity (Wildman–Crippen MR) is 59.0 cm³/mol. The summed E-state index contributed by atoms with van der Waals surface area (Å²) in [6, 6.07) is 7.05. The van der Waals surface area contributed by atoms with Crippen molar-refractivity contribution in [3.05, 3.63) is 24.3 Å². The fourth-order valence-electron chi connectivity index (χ4n) is 1.48. The SMILES string of the molecule is NC1CCCC1.Nc1cccc(O)c1. The van der Waals surface area contributed by atoms with Crippen LogP contribution in [0.5, 0.6) is 5.75 Å². The molecule has 0 amide bonds. The fraction of sp³-hybridized carbons (Fsp3) is 0.455. The Balaban J connectivity index is 0.000000146. The molecule has 78 valence electrons. The number of phenols is 1. The van der Waals surface area contributed by atoms with Gasteiger partial charge in [-0.15, -0.1) is 0 Å². The lowest BCUT2D eigenvalue weighted by molar-refractivity contribution is 0.475. The molecule has 14 heavy (non-hydrogen) atoms. The number of anilines is 1. The smallest absolute Gasteiger partial charge is 0.117 e. The first-order valence-corrected chi connectivity index (χ1v) is 4.98. The first-order valence-electron chi connectivity index (χ1n) is 4.98. The van der Waals surface area contributed by atoms with Gasteiger partial charge < -0.3 is 16.6 Å². The largest absolute Gasteiger partial charge is 0.508 e. The number of benzene rings is 1. The predicted octanol–water partition coefficient (Wildman–Crippen LogP) is 1.86. The van der Waals surface area contributed by atoms with Gasteiger partial charge in [-0.3, -0.25) is 0 Å². The Bertz CT molecular complexity index is 252. The molecule has 0 aliphatic heterocycles. The lowest BCUT2D eigenvalue weighted by Crippen LogP contribution is -2.13. The highest BCUT2D eigenvalue weighted by Gasteiger charge is 2.07. The first-order chi connectivity index (χ1) is 6.68.